The smallest absolute Gasteiger partial charge is 0.351 e. The van der Waals surface area contributed by atoms with Crippen LogP contribution in [0.3, 0.4) is 0 Å². The molecule has 4 atom stereocenters. The number of anilines is 1. The molecule has 14 heteroatoms. The van der Waals surface area contributed by atoms with Crippen molar-refractivity contribution >= 4 is 52.6 Å². The fraction of sp³-hybridized carbons (Fsp3) is 0.739. The zero-order valence-electron chi connectivity index (χ0n) is 20.4. The molecule has 37 heavy (non-hydrogen) atoms. The highest BCUT2D eigenvalue weighted by Crippen LogP contribution is 2.29. The molecule has 1 aromatic rings. The van der Waals surface area contributed by atoms with Crippen LogP contribution in [-0.4, -0.2) is 67.0 Å². The van der Waals surface area contributed by atoms with Crippen molar-refractivity contribution < 1.29 is 34.0 Å². The number of esters is 2. The number of hydrogen-bond donors (Lipinski definition) is 3. The van der Waals surface area contributed by atoms with Crippen LogP contribution in [-0.2, 0) is 23.8 Å². The van der Waals surface area contributed by atoms with Crippen LogP contribution in [0.15, 0.2) is 17.1 Å². The van der Waals surface area contributed by atoms with Crippen molar-refractivity contribution in [2.75, 3.05) is 18.9 Å². The second-order valence-corrected chi connectivity index (χ2v) is 11.4. The van der Waals surface area contributed by atoms with E-state index in [1.165, 1.54) is 12.3 Å². The maximum atomic E-state index is 12.0. The van der Waals surface area contributed by atoms with Crippen molar-refractivity contribution in [3.05, 3.63) is 22.7 Å². The van der Waals surface area contributed by atoms with E-state index in [1.54, 1.807) is 0 Å². The minimum Gasteiger partial charge on any atom is -0.463 e. The SMILES string of the molecule is Nc1ccn([C@@H]2O[C@H](COC(=O)CCCCCCCCCCC(=O)OCC(Cl)(Cl)Cl)[C@@H](O)[C@@H]2O)c(=O)n1. The standard InChI is InChI=1S/C23H34Cl3N3O8/c24-23(25,26)14-36-18(31)10-8-6-4-2-1-3-5-7-9-17(30)35-13-15-19(32)20(33)21(37-15)29-12-11-16(27)28-22(29)34/h11-12,15,19-21,32-33H,1-10,13-14H2,(H2,27,28,34)/t15-,19-,20+,21-/m1/s1. The summed E-state index contributed by atoms with van der Waals surface area (Å²) in [7, 11) is 0. The van der Waals surface area contributed by atoms with E-state index in [2.05, 4.69) is 4.98 Å². The number of nitrogen functional groups attached to an aromatic ring is 1. The minimum absolute atomic E-state index is 0.0227. The van der Waals surface area contributed by atoms with Crippen LogP contribution in [0.25, 0.3) is 0 Å². The zero-order chi connectivity index (χ0) is 27.4. The predicted octanol–water partition coefficient (Wildman–Crippen LogP) is 2.80. The molecule has 0 radical (unpaired) electrons. The number of aromatic nitrogens is 2. The van der Waals surface area contributed by atoms with Gasteiger partial charge in [0.15, 0.2) is 6.23 Å². The van der Waals surface area contributed by atoms with Crippen molar-refractivity contribution in [3.63, 3.8) is 0 Å². The van der Waals surface area contributed by atoms with Crippen LogP contribution in [0.5, 0.6) is 0 Å². The summed E-state index contributed by atoms with van der Waals surface area (Å²) >= 11 is 16.6. The molecule has 0 aliphatic carbocycles. The van der Waals surface area contributed by atoms with Crippen LogP contribution in [0, 0.1) is 0 Å². The molecule has 0 unspecified atom stereocenters. The van der Waals surface area contributed by atoms with Gasteiger partial charge in [0.25, 0.3) is 0 Å². The number of nitrogens with two attached hydrogens (primary N) is 1. The lowest BCUT2D eigenvalue weighted by atomic mass is 10.1. The molecule has 1 fully saturated rings. The quantitative estimate of drug-likeness (QED) is 0.158. The molecule has 1 aliphatic heterocycles. The molecule has 0 saturated carbocycles. The molecule has 0 bridgehead atoms. The maximum Gasteiger partial charge on any atom is 0.351 e. The molecule has 1 aliphatic rings. The van der Waals surface area contributed by atoms with Crippen LogP contribution in [0.1, 0.15) is 70.4 Å². The lowest BCUT2D eigenvalue weighted by Crippen LogP contribution is -2.36. The number of nitrogens with zero attached hydrogens (tertiary/aromatic N) is 2. The number of hydrogen-bond acceptors (Lipinski definition) is 10. The van der Waals surface area contributed by atoms with E-state index in [-0.39, 0.29) is 31.4 Å². The molecular formula is C23H34Cl3N3O8. The average Bonchev–Trinajstić information content (AvgIpc) is 3.10. The highest BCUT2D eigenvalue weighted by atomic mass is 35.6. The molecule has 4 N–H and O–H groups in total. The van der Waals surface area contributed by atoms with E-state index in [0.29, 0.717) is 12.8 Å². The van der Waals surface area contributed by atoms with E-state index in [1.807, 2.05) is 0 Å². The Morgan fingerprint density at radius 1 is 0.973 bits per heavy atom. The van der Waals surface area contributed by atoms with Gasteiger partial charge >= 0.3 is 17.6 Å². The Balaban J connectivity index is 1.51. The maximum absolute atomic E-state index is 12.0. The van der Waals surface area contributed by atoms with Crippen molar-refractivity contribution in [2.24, 2.45) is 0 Å². The van der Waals surface area contributed by atoms with Gasteiger partial charge in [-0.1, -0.05) is 73.3 Å². The average molecular weight is 587 g/mol. The largest absolute Gasteiger partial charge is 0.463 e. The number of carbonyl (C=O) groups excluding carboxylic acids is 2. The highest BCUT2D eigenvalue weighted by molar-refractivity contribution is 6.67. The van der Waals surface area contributed by atoms with Crippen molar-refractivity contribution in [2.45, 2.75) is 92.5 Å². The van der Waals surface area contributed by atoms with Gasteiger partial charge in [-0.2, -0.15) is 4.98 Å². The van der Waals surface area contributed by atoms with E-state index < -0.39 is 40.0 Å². The molecule has 11 nitrogen and oxygen atoms in total. The first-order valence-electron chi connectivity index (χ1n) is 12.2. The Kier molecular flexibility index (Phi) is 13.4. The van der Waals surface area contributed by atoms with Crippen LogP contribution >= 0.6 is 34.8 Å². The second kappa shape index (κ2) is 15.7. The Labute approximate surface area is 230 Å². The summed E-state index contributed by atoms with van der Waals surface area (Å²) in [6, 6.07) is 1.37. The van der Waals surface area contributed by atoms with Gasteiger partial charge < -0.3 is 30.2 Å². The van der Waals surface area contributed by atoms with Crippen molar-refractivity contribution in [1.29, 1.82) is 0 Å². The first kappa shape index (κ1) is 31.6. The molecular weight excluding hydrogens is 553 g/mol. The first-order chi connectivity index (χ1) is 17.5. The molecule has 0 amide bonds. The Bertz CT molecular complexity index is 927. The van der Waals surface area contributed by atoms with E-state index in [0.717, 1.165) is 49.5 Å². The van der Waals surface area contributed by atoms with E-state index in [4.69, 9.17) is 54.7 Å². The minimum atomic E-state index is -1.59. The van der Waals surface area contributed by atoms with Gasteiger partial charge in [0.1, 0.15) is 37.3 Å². The number of aliphatic hydroxyl groups excluding tert-OH is 2. The number of rotatable bonds is 15. The summed E-state index contributed by atoms with van der Waals surface area (Å²) in [6.45, 7) is -0.502. The first-order valence-corrected chi connectivity index (χ1v) is 13.4. The summed E-state index contributed by atoms with van der Waals surface area (Å²) in [5, 5.41) is 20.5. The Morgan fingerprint density at radius 3 is 2.05 bits per heavy atom. The summed E-state index contributed by atoms with van der Waals surface area (Å²) in [5.41, 5.74) is 4.73. The molecule has 0 spiro atoms. The third-order valence-electron chi connectivity index (χ3n) is 5.78. The monoisotopic (exact) mass is 585 g/mol. The molecule has 2 heterocycles. The van der Waals surface area contributed by atoms with Crippen LogP contribution in [0.4, 0.5) is 5.82 Å². The molecule has 1 aromatic heterocycles. The van der Waals surface area contributed by atoms with Gasteiger partial charge in [0, 0.05) is 19.0 Å². The Morgan fingerprint density at radius 2 is 1.51 bits per heavy atom. The second-order valence-electron chi connectivity index (χ2n) is 8.88. The van der Waals surface area contributed by atoms with Crippen LogP contribution < -0.4 is 11.4 Å². The van der Waals surface area contributed by atoms with Gasteiger partial charge in [-0.15, -0.1) is 0 Å². The van der Waals surface area contributed by atoms with Crippen molar-refractivity contribution in [3.8, 4) is 0 Å². The molecule has 2 rings (SSSR count). The number of alkyl halides is 3. The lowest BCUT2D eigenvalue weighted by molar-refractivity contribution is -0.150. The number of carbonyl (C=O) groups is 2. The summed E-state index contributed by atoms with van der Waals surface area (Å²) in [6.07, 6.45) is 4.13. The van der Waals surface area contributed by atoms with Gasteiger partial charge in [0.05, 0.1) is 0 Å². The third-order valence-corrected chi connectivity index (χ3v) is 6.11. The third kappa shape index (κ3) is 11.7. The number of halogens is 3. The van der Waals surface area contributed by atoms with E-state index in [9.17, 15) is 24.6 Å². The normalized spacial score (nSPS) is 21.6. The molecule has 210 valence electrons. The van der Waals surface area contributed by atoms with Crippen molar-refractivity contribution in [1.82, 2.24) is 9.55 Å². The fourth-order valence-electron chi connectivity index (χ4n) is 3.80. The molecule has 1 saturated heterocycles. The summed E-state index contributed by atoms with van der Waals surface area (Å²) < 4.78 is 15.0. The number of ether oxygens (including phenoxy) is 3. The molecule has 0 aromatic carbocycles. The van der Waals surface area contributed by atoms with Gasteiger partial charge in [-0.25, -0.2) is 4.79 Å². The van der Waals surface area contributed by atoms with Gasteiger partial charge in [-0.3, -0.25) is 14.2 Å². The zero-order valence-corrected chi connectivity index (χ0v) is 22.7. The summed E-state index contributed by atoms with van der Waals surface area (Å²) in [4.78, 5) is 39.1. The van der Waals surface area contributed by atoms with Gasteiger partial charge in [0.2, 0.25) is 3.79 Å². The highest BCUT2D eigenvalue weighted by Gasteiger charge is 2.44. The number of aliphatic hydroxyl groups is 2. The predicted molar refractivity (Wildman–Crippen MR) is 137 cm³/mol. The van der Waals surface area contributed by atoms with Crippen LogP contribution in [0.2, 0.25) is 0 Å². The topological polar surface area (TPSA) is 163 Å². The summed E-state index contributed by atoms with van der Waals surface area (Å²) in [5.74, 6) is -0.783. The fourth-order valence-corrected chi connectivity index (χ4v) is 3.96. The van der Waals surface area contributed by atoms with Gasteiger partial charge in [-0.05, 0) is 18.9 Å². The number of unbranched alkanes of at least 4 members (excludes halogenated alkanes) is 7. The Hall–Kier alpha value is -1.63. The lowest BCUT2D eigenvalue weighted by Gasteiger charge is -2.16. The van der Waals surface area contributed by atoms with E-state index >= 15 is 0 Å².